The Hall–Kier alpha value is -0.120. The fourth-order valence-electron chi connectivity index (χ4n) is 3.56. The van der Waals surface area contributed by atoms with Gasteiger partial charge in [0.25, 0.3) is 0 Å². The van der Waals surface area contributed by atoms with E-state index in [0.717, 1.165) is 44.3 Å². The Morgan fingerprint density at radius 2 is 1.86 bits per heavy atom. The van der Waals surface area contributed by atoms with Gasteiger partial charge in [0.15, 0.2) is 0 Å². The van der Waals surface area contributed by atoms with E-state index in [2.05, 4.69) is 38.0 Å². The van der Waals surface area contributed by atoms with Crippen LogP contribution in [0, 0.1) is 5.92 Å². The highest BCUT2D eigenvalue weighted by Gasteiger charge is 2.27. The van der Waals surface area contributed by atoms with Crippen LogP contribution >= 0.6 is 0 Å². The van der Waals surface area contributed by atoms with Gasteiger partial charge in [0.2, 0.25) is 0 Å². The molecule has 0 spiro atoms. The molecule has 1 aliphatic rings. The van der Waals surface area contributed by atoms with Crippen LogP contribution in [0.3, 0.4) is 0 Å². The van der Waals surface area contributed by atoms with E-state index in [9.17, 15) is 5.11 Å². The first-order valence-corrected chi connectivity index (χ1v) is 9.13. The zero-order chi connectivity index (χ0) is 15.7. The maximum atomic E-state index is 9.77. The molecule has 126 valence electrons. The van der Waals surface area contributed by atoms with E-state index >= 15 is 0 Å². The predicted molar refractivity (Wildman–Crippen MR) is 91.7 cm³/mol. The number of hydrogen-bond acceptors (Lipinski definition) is 3. The van der Waals surface area contributed by atoms with Crippen LogP contribution < -0.4 is 5.32 Å². The summed E-state index contributed by atoms with van der Waals surface area (Å²) >= 11 is 0. The van der Waals surface area contributed by atoms with Crippen LogP contribution in [0.1, 0.15) is 72.1 Å². The van der Waals surface area contributed by atoms with Crippen molar-refractivity contribution >= 4 is 0 Å². The normalized spacial score (nSPS) is 26.0. The fraction of sp³-hybridized carbons (Fsp3) is 1.00. The third kappa shape index (κ3) is 6.25. The van der Waals surface area contributed by atoms with E-state index in [4.69, 9.17) is 0 Å². The second kappa shape index (κ2) is 9.81. The van der Waals surface area contributed by atoms with E-state index in [-0.39, 0.29) is 12.1 Å². The maximum Gasteiger partial charge on any atom is 0.0613 e. The van der Waals surface area contributed by atoms with Crippen molar-refractivity contribution in [2.24, 2.45) is 5.92 Å². The topological polar surface area (TPSA) is 35.5 Å². The van der Waals surface area contributed by atoms with E-state index in [1.165, 1.54) is 32.1 Å². The summed E-state index contributed by atoms with van der Waals surface area (Å²) < 4.78 is 0. The van der Waals surface area contributed by atoms with Crippen molar-refractivity contribution in [2.45, 2.75) is 83.7 Å². The van der Waals surface area contributed by atoms with Crippen molar-refractivity contribution < 1.29 is 5.11 Å². The van der Waals surface area contributed by atoms with Crippen molar-refractivity contribution in [2.75, 3.05) is 26.7 Å². The van der Waals surface area contributed by atoms with E-state index in [0.29, 0.717) is 0 Å². The minimum absolute atomic E-state index is 0.0576. The first-order chi connectivity index (χ1) is 10.1. The Bertz CT molecular complexity index is 258. The van der Waals surface area contributed by atoms with Gasteiger partial charge in [-0.05, 0) is 77.4 Å². The minimum atomic E-state index is -0.0576. The highest BCUT2D eigenvalue weighted by atomic mass is 16.3. The Balaban J connectivity index is 2.32. The summed E-state index contributed by atoms with van der Waals surface area (Å²) in [7, 11) is 2.28. The van der Waals surface area contributed by atoms with Gasteiger partial charge in [-0.25, -0.2) is 0 Å². The Morgan fingerprint density at radius 3 is 2.38 bits per heavy atom. The van der Waals surface area contributed by atoms with Crippen molar-refractivity contribution in [1.29, 1.82) is 0 Å². The van der Waals surface area contributed by atoms with Crippen LogP contribution in [0.25, 0.3) is 0 Å². The lowest BCUT2D eigenvalue weighted by molar-refractivity contribution is 0.128. The van der Waals surface area contributed by atoms with Crippen LogP contribution in [-0.4, -0.2) is 48.3 Å². The lowest BCUT2D eigenvalue weighted by atomic mass is 9.86. The minimum Gasteiger partial charge on any atom is -0.394 e. The third-order valence-electron chi connectivity index (χ3n) is 5.50. The monoisotopic (exact) mass is 298 g/mol. The summed E-state index contributed by atoms with van der Waals surface area (Å²) in [6.07, 6.45) is 9.90. The SMILES string of the molecule is CCCNC(CC)(CO)CCCN(C)C1CCC(C)CC1. The number of aliphatic hydroxyl groups excluding tert-OH is 1. The average molecular weight is 299 g/mol. The molecule has 0 radical (unpaired) electrons. The number of hydrogen-bond donors (Lipinski definition) is 2. The molecule has 0 aromatic heterocycles. The van der Waals surface area contributed by atoms with Crippen LogP contribution in [-0.2, 0) is 0 Å². The van der Waals surface area contributed by atoms with E-state index < -0.39 is 0 Å². The van der Waals surface area contributed by atoms with Crippen LogP contribution in [0.2, 0.25) is 0 Å². The molecule has 1 rings (SSSR count). The van der Waals surface area contributed by atoms with Gasteiger partial charge >= 0.3 is 0 Å². The molecule has 0 heterocycles. The lowest BCUT2D eigenvalue weighted by Gasteiger charge is -2.36. The van der Waals surface area contributed by atoms with Crippen LogP contribution in [0.4, 0.5) is 0 Å². The van der Waals surface area contributed by atoms with Gasteiger partial charge < -0.3 is 15.3 Å². The quantitative estimate of drug-likeness (QED) is 0.649. The summed E-state index contributed by atoms with van der Waals surface area (Å²) in [5.41, 5.74) is -0.0576. The largest absolute Gasteiger partial charge is 0.394 e. The van der Waals surface area contributed by atoms with Crippen LogP contribution in [0.5, 0.6) is 0 Å². The molecule has 0 saturated heterocycles. The van der Waals surface area contributed by atoms with E-state index in [1.54, 1.807) is 0 Å². The molecule has 0 bridgehead atoms. The second-order valence-corrected chi connectivity index (χ2v) is 7.22. The molecule has 0 aromatic carbocycles. The zero-order valence-corrected chi connectivity index (χ0v) is 14.8. The Kier molecular flexibility index (Phi) is 8.84. The molecule has 0 aliphatic heterocycles. The Labute approximate surface area is 132 Å². The maximum absolute atomic E-state index is 9.77. The smallest absolute Gasteiger partial charge is 0.0613 e. The summed E-state index contributed by atoms with van der Waals surface area (Å²) in [5.74, 6) is 0.926. The second-order valence-electron chi connectivity index (χ2n) is 7.22. The summed E-state index contributed by atoms with van der Waals surface area (Å²) in [6.45, 7) is 9.17. The molecule has 1 unspecified atom stereocenters. The van der Waals surface area contributed by atoms with Gasteiger partial charge in [0.1, 0.15) is 0 Å². The number of nitrogens with zero attached hydrogens (tertiary/aromatic N) is 1. The fourth-order valence-corrected chi connectivity index (χ4v) is 3.56. The van der Waals surface area contributed by atoms with Crippen molar-refractivity contribution in [3.8, 4) is 0 Å². The van der Waals surface area contributed by atoms with Crippen molar-refractivity contribution in [1.82, 2.24) is 10.2 Å². The van der Waals surface area contributed by atoms with Gasteiger partial charge in [0.05, 0.1) is 6.61 Å². The van der Waals surface area contributed by atoms with Crippen LogP contribution in [0.15, 0.2) is 0 Å². The number of nitrogens with one attached hydrogen (secondary N) is 1. The first kappa shape index (κ1) is 18.9. The van der Waals surface area contributed by atoms with Gasteiger partial charge in [0, 0.05) is 11.6 Å². The lowest BCUT2D eigenvalue weighted by Crippen LogP contribution is -2.49. The summed E-state index contributed by atoms with van der Waals surface area (Å²) in [5, 5.41) is 13.3. The molecule has 1 atom stereocenters. The Morgan fingerprint density at radius 1 is 1.19 bits per heavy atom. The van der Waals surface area contributed by atoms with Gasteiger partial charge in [-0.2, -0.15) is 0 Å². The summed E-state index contributed by atoms with van der Waals surface area (Å²) in [6, 6.07) is 0.787. The molecular formula is C18H38N2O. The number of aliphatic hydroxyl groups is 1. The van der Waals surface area contributed by atoms with E-state index in [1.807, 2.05) is 0 Å². The standard InChI is InChI=1S/C18H38N2O/c1-5-13-19-18(6-2,15-21)12-7-14-20(4)17-10-8-16(3)9-11-17/h16-17,19,21H,5-15H2,1-4H3. The number of rotatable bonds is 10. The predicted octanol–water partition coefficient (Wildman–Crippen LogP) is 3.42. The molecule has 0 amide bonds. The van der Waals surface area contributed by atoms with Crippen molar-refractivity contribution in [3.05, 3.63) is 0 Å². The average Bonchev–Trinajstić information content (AvgIpc) is 2.51. The molecule has 3 nitrogen and oxygen atoms in total. The van der Waals surface area contributed by atoms with Crippen molar-refractivity contribution in [3.63, 3.8) is 0 Å². The highest BCUT2D eigenvalue weighted by Crippen LogP contribution is 2.27. The molecule has 3 heteroatoms. The van der Waals surface area contributed by atoms with Gasteiger partial charge in [-0.15, -0.1) is 0 Å². The molecule has 2 N–H and O–H groups in total. The molecule has 21 heavy (non-hydrogen) atoms. The third-order valence-corrected chi connectivity index (χ3v) is 5.50. The molecule has 1 fully saturated rings. The zero-order valence-electron chi connectivity index (χ0n) is 14.8. The molecule has 0 aromatic rings. The molecule has 1 saturated carbocycles. The first-order valence-electron chi connectivity index (χ1n) is 9.13. The highest BCUT2D eigenvalue weighted by molar-refractivity contribution is 4.86. The van der Waals surface area contributed by atoms with Gasteiger partial charge in [-0.1, -0.05) is 20.8 Å². The van der Waals surface area contributed by atoms with Gasteiger partial charge in [-0.3, -0.25) is 0 Å². The summed E-state index contributed by atoms with van der Waals surface area (Å²) in [4.78, 5) is 2.56. The molecular weight excluding hydrogens is 260 g/mol. The molecule has 1 aliphatic carbocycles.